The summed E-state index contributed by atoms with van der Waals surface area (Å²) < 4.78 is 3.81. The van der Waals surface area contributed by atoms with E-state index < -0.39 is 0 Å². The number of nitrogens with zero attached hydrogens (tertiary/aromatic N) is 4. The maximum absolute atomic E-state index is 6.22. The summed E-state index contributed by atoms with van der Waals surface area (Å²) in [5.41, 5.74) is 8.59. The van der Waals surface area contributed by atoms with E-state index in [-0.39, 0.29) is 6.04 Å². The molecular weight excluding hydrogens is 250 g/mol. The minimum Gasteiger partial charge on any atom is -0.331 e. The van der Waals surface area contributed by atoms with E-state index in [4.69, 9.17) is 17.3 Å². The minimum absolute atomic E-state index is 0.121. The van der Waals surface area contributed by atoms with Crippen LogP contribution in [0.4, 0.5) is 0 Å². The van der Waals surface area contributed by atoms with E-state index >= 15 is 0 Å². The molecule has 2 aromatic rings. The molecule has 0 bridgehead atoms. The lowest BCUT2D eigenvalue weighted by Gasteiger charge is -2.04. The van der Waals surface area contributed by atoms with E-state index in [1.165, 1.54) is 0 Å². The van der Waals surface area contributed by atoms with Crippen molar-refractivity contribution in [2.45, 2.75) is 32.9 Å². The molecule has 0 amide bonds. The van der Waals surface area contributed by atoms with Gasteiger partial charge in [-0.05, 0) is 13.8 Å². The number of rotatable bonds is 4. The van der Waals surface area contributed by atoms with E-state index in [0.717, 1.165) is 28.5 Å². The Balaban J connectivity index is 2.16. The fraction of sp³-hybridized carbons (Fsp3) is 0.500. The number of hydrogen-bond acceptors (Lipinski definition) is 3. The molecule has 2 N–H and O–H groups in total. The first-order chi connectivity index (χ1) is 8.47. The number of aryl methyl sites for hydroxylation is 2. The highest BCUT2D eigenvalue weighted by molar-refractivity contribution is 6.31. The highest BCUT2D eigenvalue weighted by atomic mass is 35.5. The highest BCUT2D eigenvalue weighted by Gasteiger charge is 2.12. The third-order valence-corrected chi connectivity index (χ3v) is 3.30. The minimum atomic E-state index is 0.121. The SMILES string of the molecule is Cc1nn(C)c(Cn2cnc(CC(C)N)c2)c1Cl. The van der Waals surface area contributed by atoms with E-state index in [2.05, 4.69) is 10.1 Å². The Morgan fingerprint density at radius 2 is 2.22 bits per heavy atom. The second kappa shape index (κ2) is 5.12. The summed E-state index contributed by atoms with van der Waals surface area (Å²) in [6.45, 7) is 4.55. The van der Waals surface area contributed by atoms with Crippen molar-refractivity contribution >= 4 is 11.6 Å². The molecule has 0 saturated heterocycles. The van der Waals surface area contributed by atoms with Gasteiger partial charge in [0.1, 0.15) is 0 Å². The third-order valence-electron chi connectivity index (χ3n) is 2.81. The maximum atomic E-state index is 6.22. The van der Waals surface area contributed by atoms with E-state index in [1.807, 2.05) is 36.3 Å². The first-order valence-electron chi connectivity index (χ1n) is 5.91. The molecule has 18 heavy (non-hydrogen) atoms. The lowest BCUT2D eigenvalue weighted by atomic mass is 10.2. The van der Waals surface area contributed by atoms with Crippen LogP contribution in [0.3, 0.4) is 0 Å². The fourth-order valence-electron chi connectivity index (χ4n) is 1.95. The Kier molecular flexibility index (Phi) is 3.73. The molecular formula is C12H18ClN5. The molecule has 0 spiro atoms. The third kappa shape index (κ3) is 2.73. The van der Waals surface area contributed by atoms with Gasteiger partial charge in [0.05, 0.1) is 35.0 Å². The summed E-state index contributed by atoms with van der Waals surface area (Å²) in [5, 5.41) is 5.02. The summed E-state index contributed by atoms with van der Waals surface area (Å²) >= 11 is 6.22. The van der Waals surface area contributed by atoms with Crippen LogP contribution in [0.5, 0.6) is 0 Å². The normalized spacial score (nSPS) is 12.9. The van der Waals surface area contributed by atoms with Gasteiger partial charge in [-0.3, -0.25) is 4.68 Å². The van der Waals surface area contributed by atoms with Crippen molar-refractivity contribution in [3.8, 4) is 0 Å². The second-order valence-corrected chi connectivity index (χ2v) is 5.07. The molecule has 1 atom stereocenters. The van der Waals surface area contributed by atoms with Crippen LogP contribution in [0.25, 0.3) is 0 Å². The zero-order chi connectivity index (χ0) is 13.3. The molecule has 0 saturated carbocycles. The van der Waals surface area contributed by atoms with Crippen LogP contribution in [0.15, 0.2) is 12.5 Å². The molecule has 0 radical (unpaired) electrons. The largest absolute Gasteiger partial charge is 0.331 e. The predicted molar refractivity (Wildman–Crippen MR) is 71.6 cm³/mol. The zero-order valence-electron chi connectivity index (χ0n) is 10.9. The van der Waals surface area contributed by atoms with Gasteiger partial charge in [-0.1, -0.05) is 11.6 Å². The van der Waals surface area contributed by atoms with Gasteiger partial charge in [-0.15, -0.1) is 0 Å². The van der Waals surface area contributed by atoms with Gasteiger partial charge in [0.2, 0.25) is 0 Å². The Labute approximate surface area is 112 Å². The van der Waals surface area contributed by atoms with E-state index in [1.54, 1.807) is 6.33 Å². The molecule has 0 aliphatic carbocycles. The molecule has 2 heterocycles. The van der Waals surface area contributed by atoms with Crippen LogP contribution in [-0.4, -0.2) is 25.4 Å². The fourth-order valence-corrected chi connectivity index (χ4v) is 2.17. The first kappa shape index (κ1) is 13.1. The van der Waals surface area contributed by atoms with E-state index in [0.29, 0.717) is 6.54 Å². The average Bonchev–Trinajstić information content (AvgIpc) is 2.79. The van der Waals surface area contributed by atoms with Crippen molar-refractivity contribution in [3.05, 3.63) is 34.6 Å². The monoisotopic (exact) mass is 267 g/mol. The van der Waals surface area contributed by atoms with Crippen LogP contribution < -0.4 is 5.73 Å². The lowest BCUT2D eigenvalue weighted by Crippen LogP contribution is -2.17. The predicted octanol–water partition coefficient (Wildman–Crippen LogP) is 1.52. The van der Waals surface area contributed by atoms with Gasteiger partial charge in [-0.25, -0.2) is 4.98 Å². The van der Waals surface area contributed by atoms with Gasteiger partial charge >= 0.3 is 0 Å². The molecule has 0 aliphatic rings. The molecule has 6 heteroatoms. The summed E-state index contributed by atoms with van der Waals surface area (Å²) in [5.74, 6) is 0. The summed E-state index contributed by atoms with van der Waals surface area (Å²) in [6.07, 6.45) is 4.59. The van der Waals surface area contributed by atoms with Crippen molar-refractivity contribution in [3.63, 3.8) is 0 Å². The van der Waals surface area contributed by atoms with E-state index in [9.17, 15) is 0 Å². The molecule has 1 unspecified atom stereocenters. The van der Waals surface area contributed by atoms with Gasteiger partial charge in [0, 0.05) is 25.7 Å². The van der Waals surface area contributed by atoms with Crippen molar-refractivity contribution < 1.29 is 0 Å². The second-order valence-electron chi connectivity index (χ2n) is 4.69. The summed E-state index contributed by atoms with van der Waals surface area (Å²) in [4.78, 5) is 4.33. The summed E-state index contributed by atoms with van der Waals surface area (Å²) in [6, 6.07) is 0.121. The van der Waals surface area contributed by atoms with Crippen molar-refractivity contribution in [1.82, 2.24) is 19.3 Å². The van der Waals surface area contributed by atoms with Gasteiger partial charge in [0.15, 0.2) is 0 Å². The molecule has 0 fully saturated rings. The molecule has 0 aliphatic heterocycles. The average molecular weight is 268 g/mol. The van der Waals surface area contributed by atoms with Crippen LogP contribution in [-0.2, 0) is 20.0 Å². The van der Waals surface area contributed by atoms with Gasteiger partial charge < -0.3 is 10.3 Å². The topological polar surface area (TPSA) is 61.7 Å². The Hall–Kier alpha value is -1.33. The summed E-state index contributed by atoms with van der Waals surface area (Å²) in [7, 11) is 1.90. The van der Waals surface area contributed by atoms with Gasteiger partial charge in [-0.2, -0.15) is 5.10 Å². The Morgan fingerprint density at radius 3 is 2.78 bits per heavy atom. The van der Waals surface area contributed by atoms with Crippen LogP contribution >= 0.6 is 11.6 Å². The van der Waals surface area contributed by atoms with Crippen LogP contribution in [0.2, 0.25) is 5.02 Å². The number of imidazole rings is 1. The first-order valence-corrected chi connectivity index (χ1v) is 6.29. The number of aromatic nitrogens is 4. The Morgan fingerprint density at radius 1 is 1.50 bits per heavy atom. The van der Waals surface area contributed by atoms with Gasteiger partial charge in [0.25, 0.3) is 0 Å². The number of nitrogens with two attached hydrogens (primary N) is 1. The highest BCUT2D eigenvalue weighted by Crippen LogP contribution is 2.20. The van der Waals surface area contributed by atoms with Crippen molar-refractivity contribution in [1.29, 1.82) is 0 Å². The van der Waals surface area contributed by atoms with Crippen molar-refractivity contribution in [2.24, 2.45) is 12.8 Å². The lowest BCUT2D eigenvalue weighted by molar-refractivity contribution is 0.662. The molecule has 2 rings (SSSR count). The molecule has 2 aromatic heterocycles. The van der Waals surface area contributed by atoms with Crippen molar-refractivity contribution in [2.75, 3.05) is 0 Å². The molecule has 0 aromatic carbocycles. The van der Waals surface area contributed by atoms with Crippen LogP contribution in [0.1, 0.15) is 24.0 Å². The standard InChI is InChI=1S/C12H18ClN5/c1-8(14)4-10-5-18(7-15-10)6-11-12(13)9(2)16-17(11)3/h5,7-8H,4,6,14H2,1-3H3. The quantitative estimate of drug-likeness (QED) is 0.914. The maximum Gasteiger partial charge on any atom is 0.0953 e. The smallest absolute Gasteiger partial charge is 0.0953 e. The molecule has 5 nitrogen and oxygen atoms in total. The number of hydrogen-bond donors (Lipinski definition) is 1. The van der Waals surface area contributed by atoms with Crippen LogP contribution in [0, 0.1) is 6.92 Å². The molecule has 98 valence electrons. The zero-order valence-corrected chi connectivity index (χ0v) is 11.6. The number of halogens is 1. The Bertz CT molecular complexity index is 541.